The Morgan fingerprint density at radius 2 is 1.75 bits per heavy atom. The van der Waals surface area contributed by atoms with E-state index in [-0.39, 0.29) is 17.9 Å². The van der Waals surface area contributed by atoms with Gasteiger partial charge in [0.25, 0.3) is 0 Å². The van der Waals surface area contributed by atoms with Crippen LogP contribution in [0, 0.1) is 5.92 Å². The molecule has 3 aromatic rings. The van der Waals surface area contributed by atoms with Crippen LogP contribution in [0.15, 0.2) is 48.5 Å². The van der Waals surface area contributed by atoms with Crippen LogP contribution in [-0.2, 0) is 4.79 Å². The van der Waals surface area contributed by atoms with Crippen LogP contribution in [0.1, 0.15) is 50.3 Å². The predicted octanol–water partition coefficient (Wildman–Crippen LogP) is 6.37. The van der Waals surface area contributed by atoms with Gasteiger partial charge < -0.3 is 10.1 Å². The van der Waals surface area contributed by atoms with Crippen LogP contribution in [0.5, 0.6) is 5.75 Å². The van der Waals surface area contributed by atoms with Crippen molar-refractivity contribution in [3.8, 4) is 22.7 Å². The lowest BCUT2D eigenvalue weighted by Gasteiger charge is -2.18. The number of amides is 1. The highest BCUT2D eigenvalue weighted by Crippen LogP contribution is 2.42. The minimum atomic E-state index is -0.199. The SMILES string of the molecule is O=C(NC1CCCOc2c1nn(-c1ccccc1Cl)c2-c1ccc(Cl)cc1)C1CCCC1. The number of halogens is 2. The largest absolute Gasteiger partial charge is 0.489 e. The van der Waals surface area contributed by atoms with Crippen molar-refractivity contribution in [3.63, 3.8) is 0 Å². The first kappa shape index (κ1) is 21.4. The second-order valence-corrected chi connectivity index (χ2v) is 9.31. The van der Waals surface area contributed by atoms with Crippen LogP contribution in [0.25, 0.3) is 16.9 Å². The first-order valence-corrected chi connectivity index (χ1v) is 11.9. The third-order valence-corrected chi connectivity index (χ3v) is 6.89. The molecule has 0 bridgehead atoms. The fourth-order valence-corrected chi connectivity index (χ4v) is 5.01. The fraction of sp³-hybridized carbons (Fsp3) is 0.360. The van der Waals surface area contributed by atoms with Gasteiger partial charge in [-0.2, -0.15) is 5.10 Å². The average Bonchev–Trinajstić information content (AvgIpc) is 3.42. The number of nitrogens with zero attached hydrogens (tertiary/aromatic N) is 2. The molecule has 5 rings (SSSR count). The van der Waals surface area contributed by atoms with Gasteiger partial charge in [-0.05, 0) is 49.9 Å². The van der Waals surface area contributed by atoms with Crippen molar-refractivity contribution in [1.29, 1.82) is 0 Å². The van der Waals surface area contributed by atoms with Crippen molar-refractivity contribution in [2.24, 2.45) is 5.92 Å². The molecule has 1 aliphatic heterocycles. The first-order chi connectivity index (χ1) is 15.6. The minimum Gasteiger partial charge on any atom is -0.489 e. The molecule has 0 spiro atoms. The molecule has 5 nitrogen and oxygen atoms in total. The molecule has 1 N–H and O–H groups in total. The van der Waals surface area contributed by atoms with Gasteiger partial charge in [0.2, 0.25) is 5.91 Å². The summed E-state index contributed by atoms with van der Waals surface area (Å²) in [4.78, 5) is 12.9. The van der Waals surface area contributed by atoms with E-state index >= 15 is 0 Å². The maximum Gasteiger partial charge on any atom is 0.223 e. The molecule has 2 heterocycles. The number of fused-ring (bicyclic) bond motifs is 1. The Kier molecular flexibility index (Phi) is 6.11. The van der Waals surface area contributed by atoms with Gasteiger partial charge in [-0.3, -0.25) is 4.79 Å². The highest BCUT2D eigenvalue weighted by atomic mass is 35.5. The standard InChI is InChI=1S/C25H25Cl2N3O2/c26-18-13-11-16(12-14-18)23-24-22(29-30(23)21-10-4-3-8-19(21)27)20(9-5-15-32-24)28-25(31)17-6-1-2-7-17/h3-4,8,10-14,17,20H,1-2,5-7,9,15H2,(H,28,31). The summed E-state index contributed by atoms with van der Waals surface area (Å²) in [6.07, 6.45) is 5.80. The second-order valence-electron chi connectivity index (χ2n) is 8.47. The van der Waals surface area contributed by atoms with Gasteiger partial charge in [0, 0.05) is 16.5 Å². The lowest BCUT2D eigenvalue weighted by molar-refractivity contribution is -0.125. The summed E-state index contributed by atoms with van der Waals surface area (Å²) in [6.45, 7) is 0.567. The van der Waals surface area contributed by atoms with E-state index in [9.17, 15) is 4.79 Å². The van der Waals surface area contributed by atoms with Crippen LogP contribution in [0.4, 0.5) is 0 Å². The Bertz CT molecular complexity index is 1120. The number of hydrogen-bond donors (Lipinski definition) is 1. The molecule has 1 fully saturated rings. The van der Waals surface area contributed by atoms with E-state index in [0.29, 0.717) is 22.4 Å². The van der Waals surface area contributed by atoms with Crippen molar-refractivity contribution >= 4 is 29.1 Å². The lowest BCUT2D eigenvalue weighted by Crippen LogP contribution is -2.33. The van der Waals surface area contributed by atoms with Crippen LogP contribution in [-0.4, -0.2) is 22.3 Å². The van der Waals surface area contributed by atoms with Gasteiger partial charge in [-0.1, -0.05) is 60.3 Å². The summed E-state index contributed by atoms with van der Waals surface area (Å²) in [5.41, 5.74) is 3.24. The summed E-state index contributed by atoms with van der Waals surface area (Å²) < 4.78 is 8.06. The fourth-order valence-electron chi connectivity index (χ4n) is 4.67. The highest BCUT2D eigenvalue weighted by Gasteiger charge is 2.32. The predicted molar refractivity (Wildman–Crippen MR) is 127 cm³/mol. The molecular formula is C25H25Cl2N3O2. The van der Waals surface area contributed by atoms with E-state index in [1.807, 2.05) is 53.2 Å². The number of nitrogens with one attached hydrogen (secondary N) is 1. The normalized spacial score (nSPS) is 18.6. The smallest absolute Gasteiger partial charge is 0.223 e. The van der Waals surface area contributed by atoms with Gasteiger partial charge in [-0.15, -0.1) is 0 Å². The highest BCUT2D eigenvalue weighted by molar-refractivity contribution is 6.32. The Morgan fingerprint density at radius 1 is 1.00 bits per heavy atom. The zero-order valence-electron chi connectivity index (χ0n) is 17.7. The molecule has 2 aliphatic rings. The second kappa shape index (κ2) is 9.16. The number of rotatable bonds is 4. The Hall–Kier alpha value is -2.50. The molecule has 1 atom stereocenters. The monoisotopic (exact) mass is 469 g/mol. The molecule has 32 heavy (non-hydrogen) atoms. The third kappa shape index (κ3) is 4.12. The van der Waals surface area contributed by atoms with Gasteiger partial charge in [0.1, 0.15) is 11.4 Å². The van der Waals surface area contributed by atoms with E-state index in [4.69, 9.17) is 33.0 Å². The molecule has 1 aliphatic carbocycles. The molecule has 1 aromatic heterocycles. The number of aromatic nitrogens is 2. The van der Waals surface area contributed by atoms with Gasteiger partial charge in [0.15, 0.2) is 5.75 Å². The quantitative estimate of drug-likeness (QED) is 0.482. The van der Waals surface area contributed by atoms with Gasteiger partial charge >= 0.3 is 0 Å². The van der Waals surface area contributed by atoms with E-state index in [1.165, 1.54) is 0 Å². The Balaban J connectivity index is 1.62. The first-order valence-electron chi connectivity index (χ1n) is 11.2. The van der Waals surface area contributed by atoms with Crippen LogP contribution in [0.2, 0.25) is 10.0 Å². The van der Waals surface area contributed by atoms with E-state index in [0.717, 1.165) is 61.2 Å². The number of para-hydroxylation sites is 1. The van der Waals surface area contributed by atoms with Crippen LogP contribution < -0.4 is 10.1 Å². The van der Waals surface area contributed by atoms with Crippen molar-refractivity contribution in [3.05, 3.63) is 64.3 Å². The van der Waals surface area contributed by atoms with Crippen molar-refractivity contribution in [2.45, 2.75) is 44.6 Å². The van der Waals surface area contributed by atoms with Crippen LogP contribution in [0.3, 0.4) is 0 Å². The Morgan fingerprint density at radius 3 is 2.50 bits per heavy atom. The van der Waals surface area contributed by atoms with Crippen molar-refractivity contribution < 1.29 is 9.53 Å². The number of carbonyl (C=O) groups excluding carboxylic acids is 1. The molecule has 2 aromatic carbocycles. The molecule has 7 heteroatoms. The van der Waals surface area contributed by atoms with E-state index in [1.54, 1.807) is 0 Å². The molecule has 166 valence electrons. The number of ether oxygens (including phenoxy) is 1. The molecular weight excluding hydrogens is 445 g/mol. The summed E-state index contributed by atoms with van der Waals surface area (Å²) in [6, 6.07) is 15.0. The minimum absolute atomic E-state index is 0.101. The van der Waals surface area contributed by atoms with Crippen LogP contribution >= 0.6 is 23.2 Å². The summed E-state index contributed by atoms with van der Waals surface area (Å²) in [7, 11) is 0. The summed E-state index contributed by atoms with van der Waals surface area (Å²) >= 11 is 12.7. The maximum atomic E-state index is 12.9. The summed E-state index contributed by atoms with van der Waals surface area (Å²) in [5, 5.41) is 9.48. The van der Waals surface area contributed by atoms with Gasteiger partial charge in [-0.25, -0.2) is 4.68 Å². The molecule has 1 amide bonds. The maximum absolute atomic E-state index is 12.9. The average molecular weight is 470 g/mol. The lowest BCUT2D eigenvalue weighted by atomic mass is 10.0. The zero-order chi connectivity index (χ0) is 22.1. The number of benzene rings is 2. The van der Waals surface area contributed by atoms with Gasteiger partial charge in [0.05, 0.1) is 23.4 Å². The van der Waals surface area contributed by atoms with Crippen molar-refractivity contribution in [1.82, 2.24) is 15.1 Å². The summed E-state index contributed by atoms with van der Waals surface area (Å²) in [5.74, 6) is 0.922. The molecule has 1 saturated carbocycles. The zero-order valence-corrected chi connectivity index (χ0v) is 19.2. The molecule has 0 radical (unpaired) electrons. The van der Waals surface area contributed by atoms with E-state index in [2.05, 4.69) is 5.32 Å². The number of hydrogen-bond acceptors (Lipinski definition) is 3. The van der Waals surface area contributed by atoms with Crippen molar-refractivity contribution in [2.75, 3.05) is 6.61 Å². The topological polar surface area (TPSA) is 56.1 Å². The molecule has 1 unspecified atom stereocenters. The molecule has 0 saturated heterocycles. The Labute approximate surface area is 197 Å². The van der Waals surface area contributed by atoms with E-state index < -0.39 is 0 Å². The number of carbonyl (C=O) groups is 1. The third-order valence-electron chi connectivity index (χ3n) is 6.32.